The smallest absolute Gasteiger partial charge is 0.413 e. The molecule has 0 fully saturated rings. The molecule has 1 aromatic rings. The van der Waals surface area contributed by atoms with Gasteiger partial charge >= 0.3 is 24.2 Å². The highest BCUT2D eigenvalue weighted by molar-refractivity contribution is 6.20. The highest BCUT2D eigenvalue weighted by Crippen LogP contribution is 2.09. The first-order chi connectivity index (χ1) is 14.1. The molecule has 0 radical (unpaired) electrons. The molecule has 0 unspecified atom stereocenters. The number of carbonyl (C=O) groups excluding carboxylic acids is 3. The molecule has 0 bridgehead atoms. The third-order valence-electron chi connectivity index (χ3n) is 3.20. The van der Waals surface area contributed by atoms with Crippen molar-refractivity contribution in [1.82, 2.24) is 5.32 Å². The molecule has 9 heteroatoms. The van der Waals surface area contributed by atoms with E-state index in [9.17, 15) is 14.4 Å². The van der Waals surface area contributed by atoms with E-state index in [4.69, 9.17) is 16.4 Å². The van der Waals surface area contributed by atoms with Crippen LogP contribution in [0.15, 0.2) is 42.5 Å². The van der Waals surface area contributed by atoms with E-state index in [0.29, 0.717) is 0 Å². The van der Waals surface area contributed by atoms with Crippen LogP contribution in [0.3, 0.4) is 0 Å². The van der Waals surface area contributed by atoms with E-state index in [0.717, 1.165) is 5.56 Å². The molecular formula is C20H25N3O6. The molecule has 29 heavy (non-hydrogen) atoms. The maximum atomic E-state index is 12.4. The fourth-order valence-electron chi connectivity index (χ4n) is 2.06. The maximum absolute atomic E-state index is 12.4. The minimum absolute atomic E-state index is 0.126. The van der Waals surface area contributed by atoms with E-state index in [1.165, 1.54) is 12.2 Å². The average molecular weight is 404 g/mol. The Balaban J connectivity index is 2.61. The molecule has 0 aromatic heterocycles. The molecule has 1 aromatic carbocycles. The van der Waals surface area contributed by atoms with E-state index in [1.807, 2.05) is 30.3 Å². The molecular weight excluding hydrogens is 378 g/mol. The van der Waals surface area contributed by atoms with Crippen molar-refractivity contribution in [3.8, 4) is 0 Å². The van der Waals surface area contributed by atoms with Crippen molar-refractivity contribution in [2.75, 3.05) is 13.2 Å². The Labute approximate surface area is 170 Å². The SMILES string of the molecule is [2H]C(=[N+]=[N-])C(=O)OC/C=C/COC(=O)[C@H](Cc1ccccc1)NC(=O)OC(C)(C)C. The molecule has 156 valence electrons. The number of hydrogen-bond donors (Lipinski definition) is 1. The van der Waals surface area contributed by atoms with Crippen LogP contribution >= 0.6 is 0 Å². The summed E-state index contributed by atoms with van der Waals surface area (Å²) in [4.78, 5) is 38.0. The first kappa shape index (κ1) is 21.8. The molecule has 1 rings (SSSR count). The predicted octanol–water partition coefficient (Wildman–Crippen LogP) is 2.07. The summed E-state index contributed by atoms with van der Waals surface area (Å²) >= 11 is 0. The van der Waals surface area contributed by atoms with Crippen molar-refractivity contribution in [2.45, 2.75) is 38.8 Å². The molecule has 1 amide bonds. The third kappa shape index (κ3) is 11.1. The molecule has 0 aliphatic carbocycles. The predicted molar refractivity (Wildman–Crippen MR) is 104 cm³/mol. The molecule has 0 saturated heterocycles. The largest absolute Gasteiger partial charge is 0.460 e. The van der Waals surface area contributed by atoms with Gasteiger partial charge in [-0.25, -0.2) is 14.4 Å². The Morgan fingerprint density at radius 3 is 2.38 bits per heavy atom. The zero-order valence-electron chi connectivity index (χ0n) is 17.6. The van der Waals surface area contributed by atoms with Crippen LogP contribution in [0, 0.1) is 0 Å². The van der Waals surface area contributed by atoms with Crippen molar-refractivity contribution in [3.63, 3.8) is 0 Å². The van der Waals surface area contributed by atoms with Crippen molar-refractivity contribution in [2.24, 2.45) is 0 Å². The number of hydrogen-bond acceptors (Lipinski definition) is 6. The van der Waals surface area contributed by atoms with E-state index in [1.54, 1.807) is 20.8 Å². The number of nitrogens with one attached hydrogen (secondary N) is 1. The summed E-state index contributed by atoms with van der Waals surface area (Å²) in [5.41, 5.74) is 8.39. The lowest BCUT2D eigenvalue weighted by molar-refractivity contribution is -0.145. The fourth-order valence-corrected chi connectivity index (χ4v) is 2.06. The molecule has 0 heterocycles. The molecule has 0 aliphatic rings. The van der Waals surface area contributed by atoms with Crippen molar-refractivity contribution in [1.29, 1.82) is 0 Å². The first-order valence-electron chi connectivity index (χ1n) is 9.33. The average Bonchev–Trinajstić information content (AvgIpc) is 2.68. The van der Waals surface area contributed by atoms with Gasteiger partial charge in [0.15, 0.2) is 1.37 Å². The number of rotatable bonds is 9. The molecule has 0 spiro atoms. The van der Waals surface area contributed by atoms with Crippen LogP contribution in [0.5, 0.6) is 0 Å². The lowest BCUT2D eigenvalue weighted by Crippen LogP contribution is -2.45. The molecule has 1 atom stereocenters. The first-order valence-corrected chi connectivity index (χ1v) is 8.83. The standard InChI is InChI=1S/C20H25N3O6/c1-20(2,3)29-19(26)23-16(13-15-9-5-4-6-10-15)18(25)28-12-8-7-11-27-17(24)14-22-21/h4-10,14,16H,11-13H2,1-3H3,(H,23,26)/b8-7+/t16-/m0/s1/i14D. The van der Waals surface area contributed by atoms with Crippen LogP contribution in [-0.2, 0) is 30.2 Å². The number of esters is 2. The van der Waals surface area contributed by atoms with Crippen LogP contribution in [-0.4, -0.2) is 53.9 Å². The number of carbonyl (C=O) groups is 3. The minimum atomic E-state index is -1.09. The monoisotopic (exact) mass is 404 g/mol. The topological polar surface area (TPSA) is 127 Å². The fraction of sp³-hybridized carbons (Fsp3) is 0.400. The molecule has 0 saturated carbocycles. The van der Waals surface area contributed by atoms with Crippen LogP contribution in [0.2, 0.25) is 0 Å². The Hall–Kier alpha value is -3.45. The highest BCUT2D eigenvalue weighted by Gasteiger charge is 2.25. The molecule has 0 aliphatic heterocycles. The molecule has 9 nitrogen and oxygen atoms in total. The quantitative estimate of drug-likeness (QED) is 0.168. The number of nitrogens with zero attached hydrogens (tertiary/aromatic N) is 2. The van der Waals surface area contributed by atoms with Crippen LogP contribution in [0.25, 0.3) is 5.53 Å². The second-order valence-electron chi connectivity index (χ2n) is 6.80. The summed E-state index contributed by atoms with van der Waals surface area (Å²) in [6.45, 7) is 4.82. The van der Waals surface area contributed by atoms with Gasteiger partial charge < -0.3 is 25.1 Å². The minimum Gasteiger partial charge on any atom is -0.460 e. The van der Waals surface area contributed by atoms with Gasteiger partial charge in [0.05, 0.1) is 0 Å². The third-order valence-corrected chi connectivity index (χ3v) is 3.20. The van der Waals surface area contributed by atoms with Gasteiger partial charge in [0.1, 0.15) is 24.9 Å². The summed E-state index contributed by atoms with van der Waals surface area (Å²) in [7, 11) is 0. The Morgan fingerprint density at radius 1 is 1.17 bits per heavy atom. The number of amides is 1. The van der Waals surface area contributed by atoms with E-state index >= 15 is 0 Å². The van der Waals surface area contributed by atoms with Gasteiger partial charge in [-0.1, -0.05) is 30.3 Å². The highest BCUT2D eigenvalue weighted by atomic mass is 16.6. The summed E-state index contributed by atoms with van der Waals surface area (Å²) in [6.07, 6.45) is 1.38. The summed E-state index contributed by atoms with van der Waals surface area (Å²) < 4.78 is 21.9. The maximum Gasteiger partial charge on any atom is 0.413 e. The molecule has 1 N–H and O–H groups in total. The van der Waals surface area contributed by atoms with Crippen LogP contribution in [0.1, 0.15) is 27.7 Å². The Morgan fingerprint density at radius 2 is 1.79 bits per heavy atom. The van der Waals surface area contributed by atoms with Gasteiger partial charge in [-0.15, -0.1) is 0 Å². The summed E-state index contributed by atoms with van der Waals surface area (Å²) in [6, 6.07) is 8.16. The summed E-state index contributed by atoms with van der Waals surface area (Å²) in [5.74, 6) is -1.75. The van der Waals surface area contributed by atoms with Gasteiger partial charge in [-0.2, -0.15) is 4.79 Å². The Kier molecular flexibility index (Phi) is 9.11. The normalized spacial score (nSPS) is 12.3. The van der Waals surface area contributed by atoms with Gasteiger partial charge in [-0.3, -0.25) is 0 Å². The van der Waals surface area contributed by atoms with Gasteiger partial charge in [0.25, 0.3) is 0 Å². The second-order valence-corrected chi connectivity index (χ2v) is 6.80. The van der Waals surface area contributed by atoms with Gasteiger partial charge in [0, 0.05) is 6.42 Å². The lowest BCUT2D eigenvalue weighted by atomic mass is 10.1. The van der Waals surface area contributed by atoms with E-state index in [2.05, 4.69) is 14.8 Å². The lowest BCUT2D eigenvalue weighted by Gasteiger charge is -2.23. The Bertz CT molecular complexity index is 814. The summed E-state index contributed by atoms with van der Waals surface area (Å²) in [5, 5.41) is 2.52. The van der Waals surface area contributed by atoms with Crippen molar-refractivity contribution in [3.05, 3.63) is 53.6 Å². The number of benzene rings is 1. The zero-order chi connectivity index (χ0) is 22.6. The van der Waals surface area contributed by atoms with E-state index in [-0.39, 0.29) is 19.6 Å². The van der Waals surface area contributed by atoms with Crippen molar-refractivity contribution < 1.29 is 34.8 Å². The second kappa shape index (κ2) is 12.1. The van der Waals surface area contributed by atoms with E-state index < -0.39 is 35.9 Å². The van der Waals surface area contributed by atoms with Crippen molar-refractivity contribution >= 4 is 24.2 Å². The van der Waals surface area contributed by atoms with Crippen LogP contribution < -0.4 is 5.32 Å². The zero-order valence-corrected chi connectivity index (χ0v) is 16.6. The van der Waals surface area contributed by atoms with Gasteiger partial charge in [-0.05, 0) is 38.5 Å². The van der Waals surface area contributed by atoms with Gasteiger partial charge in [0.2, 0.25) is 0 Å². The number of ether oxygens (including phenoxy) is 3. The number of alkyl carbamates (subject to hydrolysis) is 1. The van der Waals surface area contributed by atoms with Crippen LogP contribution in [0.4, 0.5) is 4.79 Å².